The van der Waals surface area contributed by atoms with Gasteiger partial charge in [-0.05, 0) is 40.7 Å². The molecule has 1 aromatic heterocycles. The molecule has 218 valence electrons. The summed E-state index contributed by atoms with van der Waals surface area (Å²) in [6, 6.07) is 13.6. The van der Waals surface area contributed by atoms with Crippen molar-refractivity contribution in [3.05, 3.63) is 74.3 Å². The lowest BCUT2D eigenvalue weighted by molar-refractivity contribution is -0.790. The number of carbonyl (C=O) groups excluding carboxylic acids is 1. The van der Waals surface area contributed by atoms with Gasteiger partial charge in [0.05, 0.1) is 0 Å². The summed E-state index contributed by atoms with van der Waals surface area (Å²) in [6.45, 7) is 2.69. The first kappa shape index (κ1) is 30.4. The number of carboxylic acids is 1. The molecule has 1 heterocycles. The molecular weight excluding hydrogens is 542 g/mol. The van der Waals surface area contributed by atoms with E-state index in [1.165, 1.54) is 4.90 Å². The zero-order chi connectivity index (χ0) is 29.9. The van der Waals surface area contributed by atoms with Gasteiger partial charge in [-0.2, -0.15) is 5.21 Å². The molecule has 3 aromatic rings. The molecule has 0 fully saturated rings. The number of nitrogens with zero attached hydrogens (tertiary/aromatic N) is 6. The molecule has 1 unspecified atom stereocenters. The summed E-state index contributed by atoms with van der Waals surface area (Å²) in [5, 5.41) is 43.0. The summed E-state index contributed by atoms with van der Waals surface area (Å²) in [7, 11) is 0. The number of carboxylic acid groups (broad SMARTS) is 1. The SMILES string of the molecule is CC(C)[C@@H](C(=O)O)N(Cc1ccc(-c2ccccc2-c2nn[nH]n2)cc1)C(=O)CCCC(CO[N+](=O)[O-])O[N+](=O)[O-]. The van der Waals surface area contributed by atoms with Gasteiger partial charge in [0.1, 0.15) is 18.8 Å². The number of benzene rings is 2. The second kappa shape index (κ2) is 14.3. The third-order valence-corrected chi connectivity index (χ3v) is 6.19. The van der Waals surface area contributed by atoms with E-state index in [9.17, 15) is 34.9 Å². The first-order valence-corrected chi connectivity index (χ1v) is 12.6. The molecule has 2 atom stereocenters. The van der Waals surface area contributed by atoms with E-state index in [1.807, 2.05) is 36.4 Å². The highest BCUT2D eigenvalue weighted by molar-refractivity contribution is 5.84. The van der Waals surface area contributed by atoms with Crippen molar-refractivity contribution in [2.75, 3.05) is 6.61 Å². The number of aromatic amines is 1. The monoisotopic (exact) mass is 571 g/mol. The first-order valence-electron chi connectivity index (χ1n) is 12.6. The highest BCUT2D eigenvalue weighted by atomic mass is 17.0. The van der Waals surface area contributed by atoms with Crippen LogP contribution in [0.15, 0.2) is 48.5 Å². The Bertz CT molecular complexity index is 1330. The molecule has 0 saturated carbocycles. The third-order valence-electron chi connectivity index (χ3n) is 6.19. The van der Waals surface area contributed by atoms with Crippen LogP contribution in [0.1, 0.15) is 38.7 Å². The second-order valence-electron chi connectivity index (χ2n) is 9.39. The molecular formula is C25H29N7O9. The lowest BCUT2D eigenvalue weighted by atomic mass is 9.97. The third kappa shape index (κ3) is 8.67. The molecule has 16 heteroatoms. The van der Waals surface area contributed by atoms with Crippen LogP contribution in [0.25, 0.3) is 22.5 Å². The van der Waals surface area contributed by atoms with Gasteiger partial charge < -0.3 is 19.7 Å². The Balaban J connectivity index is 1.76. The Morgan fingerprint density at radius 1 is 1.05 bits per heavy atom. The molecule has 0 spiro atoms. The van der Waals surface area contributed by atoms with Crippen molar-refractivity contribution in [3.8, 4) is 22.5 Å². The van der Waals surface area contributed by atoms with E-state index >= 15 is 0 Å². The lowest BCUT2D eigenvalue weighted by Crippen LogP contribution is -2.47. The van der Waals surface area contributed by atoms with Crippen LogP contribution in [0.5, 0.6) is 0 Å². The van der Waals surface area contributed by atoms with Gasteiger partial charge >= 0.3 is 5.97 Å². The molecule has 0 aliphatic heterocycles. The highest BCUT2D eigenvalue weighted by Crippen LogP contribution is 2.30. The van der Waals surface area contributed by atoms with Crippen molar-refractivity contribution < 1.29 is 34.5 Å². The van der Waals surface area contributed by atoms with Crippen molar-refractivity contribution in [1.82, 2.24) is 25.5 Å². The van der Waals surface area contributed by atoms with Gasteiger partial charge in [0, 0.05) is 18.5 Å². The summed E-state index contributed by atoms with van der Waals surface area (Å²) in [5.74, 6) is -1.66. The van der Waals surface area contributed by atoms with Gasteiger partial charge in [0.15, 0.2) is 0 Å². The molecule has 0 saturated heterocycles. The molecule has 0 bridgehead atoms. The van der Waals surface area contributed by atoms with E-state index in [0.717, 1.165) is 16.7 Å². The van der Waals surface area contributed by atoms with Crippen LogP contribution in [0.2, 0.25) is 0 Å². The normalized spacial score (nSPS) is 12.4. The fourth-order valence-electron chi connectivity index (χ4n) is 4.37. The maximum atomic E-state index is 13.3. The summed E-state index contributed by atoms with van der Waals surface area (Å²) in [6.07, 6.45) is -1.48. The lowest BCUT2D eigenvalue weighted by Gasteiger charge is -2.32. The number of H-pyrrole nitrogens is 1. The van der Waals surface area contributed by atoms with Crippen LogP contribution < -0.4 is 0 Å². The van der Waals surface area contributed by atoms with Crippen LogP contribution in [0.4, 0.5) is 0 Å². The number of hydrogen-bond donors (Lipinski definition) is 2. The van der Waals surface area contributed by atoms with Gasteiger partial charge in [0.2, 0.25) is 11.7 Å². The minimum absolute atomic E-state index is 0.00000951. The number of aliphatic carboxylic acids is 1. The van der Waals surface area contributed by atoms with Crippen molar-refractivity contribution in [3.63, 3.8) is 0 Å². The second-order valence-corrected chi connectivity index (χ2v) is 9.39. The fourth-order valence-corrected chi connectivity index (χ4v) is 4.37. The van der Waals surface area contributed by atoms with E-state index < -0.39 is 46.7 Å². The van der Waals surface area contributed by atoms with Crippen LogP contribution in [0, 0.1) is 26.1 Å². The molecule has 0 aliphatic rings. The summed E-state index contributed by atoms with van der Waals surface area (Å²) >= 11 is 0. The molecule has 0 radical (unpaired) electrons. The quantitative estimate of drug-likeness (QED) is 0.187. The largest absolute Gasteiger partial charge is 0.480 e. The van der Waals surface area contributed by atoms with Gasteiger partial charge in [-0.1, -0.05) is 62.4 Å². The molecule has 2 N–H and O–H groups in total. The number of hydrogen-bond acceptors (Lipinski definition) is 11. The number of rotatable bonds is 16. The van der Waals surface area contributed by atoms with Crippen molar-refractivity contribution in [2.45, 2.75) is 51.8 Å². The maximum Gasteiger partial charge on any atom is 0.326 e. The van der Waals surface area contributed by atoms with Crippen molar-refractivity contribution in [2.24, 2.45) is 5.92 Å². The van der Waals surface area contributed by atoms with Gasteiger partial charge in [-0.15, -0.1) is 30.4 Å². The Labute approximate surface area is 233 Å². The topological polar surface area (TPSA) is 217 Å². The van der Waals surface area contributed by atoms with Crippen LogP contribution in [-0.2, 0) is 25.8 Å². The van der Waals surface area contributed by atoms with Crippen LogP contribution in [0.3, 0.4) is 0 Å². The summed E-state index contributed by atoms with van der Waals surface area (Å²) in [4.78, 5) is 56.4. The number of aromatic nitrogens is 4. The van der Waals surface area contributed by atoms with Gasteiger partial charge in [-0.3, -0.25) is 4.79 Å². The first-order chi connectivity index (χ1) is 19.6. The Morgan fingerprint density at radius 2 is 1.73 bits per heavy atom. The molecule has 16 nitrogen and oxygen atoms in total. The number of nitrogens with one attached hydrogen (secondary N) is 1. The van der Waals surface area contributed by atoms with Gasteiger partial charge in [0.25, 0.3) is 10.2 Å². The summed E-state index contributed by atoms with van der Waals surface area (Å²) < 4.78 is 0. The Hall–Kier alpha value is -5.15. The fraction of sp³-hybridized carbons (Fsp3) is 0.400. The molecule has 1 amide bonds. The van der Waals surface area contributed by atoms with E-state index in [4.69, 9.17) is 0 Å². The minimum atomic E-state index is -1.26. The smallest absolute Gasteiger partial charge is 0.326 e. The van der Waals surface area contributed by atoms with Crippen LogP contribution in [-0.4, -0.2) is 71.4 Å². The minimum Gasteiger partial charge on any atom is -0.480 e. The van der Waals surface area contributed by atoms with E-state index in [0.29, 0.717) is 11.4 Å². The molecule has 0 aliphatic carbocycles. The molecule has 3 rings (SSSR count). The molecule has 2 aromatic carbocycles. The predicted molar refractivity (Wildman–Crippen MR) is 141 cm³/mol. The predicted octanol–water partition coefficient (Wildman–Crippen LogP) is 2.93. The Kier molecular flexibility index (Phi) is 10.6. The average molecular weight is 572 g/mol. The number of tetrazole rings is 1. The van der Waals surface area contributed by atoms with Gasteiger partial charge in [-0.25, -0.2) is 4.79 Å². The zero-order valence-corrected chi connectivity index (χ0v) is 22.3. The highest BCUT2D eigenvalue weighted by Gasteiger charge is 2.32. The van der Waals surface area contributed by atoms with E-state index in [2.05, 4.69) is 30.3 Å². The number of amides is 1. The van der Waals surface area contributed by atoms with E-state index in [1.54, 1.807) is 26.0 Å². The van der Waals surface area contributed by atoms with Crippen molar-refractivity contribution >= 4 is 11.9 Å². The molecule has 41 heavy (non-hydrogen) atoms. The van der Waals surface area contributed by atoms with Crippen LogP contribution >= 0.6 is 0 Å². The number of carbonyl (C=O) groups is 2. The van der Waals surface area contributed by atoms with Crippen molar-refractivity contribution in [1.29, 1.82) is 0 Å². The summed E-state index contributed by atoms with van der Waals surface area (Å²) in [5.41, 5.74) is 3.14. The van der Waals surface area contributed by atoms with E-state index in [-0.39, 0.29) is 25.8 Å². The standard InChI is InChI=1S/C25H29N7O9/c1-16(2)23(25(34)35)30(22(33)9-5-6-19(41-32(38)39)15-40-31(36)37)14-17-10-12-18(13-11-17)20-7-3-4-8-21(20)24-26-28-29-27-24/h3-4,7-8,10-13,16,19,23H,5-6,9,14-15H2,1-2H3,(H,34,35)(H,26,27,28,29)/t19?,23-/m0/s1. The Morgan fingerprint density at radius 3 is 2.29 bits per heavy atom. The average Bonchev–Trinajstić information content (AvgIpc) is 3.46. The zero-order valence-electron chi connectivity index (χ0n) is 22.3. The maximum absolute atomic E-state index is 13.3.